The lowest BCUT2D eigenvalue weighted by molar-refractivity contribution is -0.484. The fourth-order valence-electron chi connectivity index (χ4n) is 10.5. The number of anilines is 3. The molecule has 2 heterocycles. The summed E-state index contributed by atoms with van der Waals surface area (Å²) in [6.07, 6.45) is -12.0. The van der Waals surface area contributed by atoms with E-state index in [1.165, 1.54) is 12.1 Å². The third-order valence-corrected chi connectivity index (χ3v) is 15.1. The van der Waals surface area contributed by atoms with Crippen molar-refractivity contribution in [1.82, 2.24) is 10.2 Å². The number of hydrogen-bond donors (Lipinski definition) is 2. The molecule has 3 aromatic carbocycles. The number of carbonyl (C=O) groups excluding carboxylic acids is 4. The minimum absolute atomic E-state index is 0. The van der Waals surface area contributed by atoms with Gasteiger partial charge in [0.05, 0.1) is 59.2 Å². The van der Waals surface area contributed by atoms with Crippen LogP contribution in [0.5, 0.6) is 0 Å². The quantitative estimate of drug-likeness (QED) is 0.0274. The molecule has 19 nitrogen and oxygen atoms in total. The molecule has 560 valence electrons. The van der Waals surface area contributed by atoms with Crippen molar-refractivity contribution in [2.45, 2.75) is 169 Å². The van der Waals surface area contributed by atoms with Gasteiger partial charge in [0.1, 0.15) is 11.2 Å². The number of thiocarbonyl (C=S) groups is 1. The molecule has 3 aromatic rings. The van der Waals surface area contributed by atoms with Gasteiger partial charge in [0, 0.05) is 71.9 Å². The molecule has 3 fully saturated rings. The molecule has 0 radical (unpaired) electrons. The Hall–Kier alpha value is -6.46. The van der Waals surface area contributed by atoms with E-state index in [1.807, 2.05) is 19.0 Å². The summed E-state index contributed by atoms with van der Waals surface area (Å²) in [5, 5.41) is 27.6. The monoisotopic (exact) mass is 1500 g/mol. The zero-order valence-electron chi connectivity index (χ0n) is 53.6. The van der Waals surface area contributed by atoms with Crippen LogP contribution in [0, 0.1) is 38.0 Å². The van der Waals surface area contributed by atoms with Crippen molar-refractivity contribution in [3.63, 3.8) is 0 Å². The highest BCUT2D eigenvalue weighted by Crippen LogP contribution is 2.42. The van der Waals surface area contributed by atoms with E-state index in [1.54, 1.807) is 51.3 Å². The first-order chi connectivity index (χ1) is 42.3. The van der Waals surface area contributed by atoms with E-state index < -0.39 is 110 Å². The molecule has 0 aromatic heterocycles. The standard InChI is InChI=1S/C24H31F3N2O8.C19H23F3N2O4.C17H21F6N3S.3CH4.3H2S/c1-23(2,3)37-20(30)14-8-10-28(11-9-14)18-12-15(24(25,26)27)6-7-16(18)17(13-29(33)34)19(21(31)35-4)22(32)36-5;1-18(2,3)28-17(25)14-6-9-23(10-7-14)16-12-15(19(20,21)22)5-4-13(16)8-11-24(26)27;1-26(2)14-6-4-3-5-13(14)25-15(27)24-12-8-10(16(18,19)20)7-11(9-12)17(21,22)23;;;;;;/h6-7,12,14,17,19H,8-11,13H2,1-5H3;4-5,8,11-12,14H,6-7,9-10H2,1-3H3;7-9,13-14H,3-6H2,1-2H3,(H2,24,25,27);3*1H4;3*1H2/b;11-8+;;;;;;;/t17-;;13-,14-;;;;;;/m1.0....../s1. The number of nitrogens with zero attached hydrogens (tertiary/aromatic N) is 5. The van der Waals surface area contributed by atoms with Crippen LogP contribution < -0.4 is 20.4 Å². The fourth-order valence-corrected chi connectivity index (χ4v) is 10.8. The van der Waals surface area contributed by atoms with E-state index in [0.29, 0.717) is 49.8 Å². The number of halogens is 12. The number of alkyl halides is 12. The summed E-state index contributed by atoms with van der Waals surface area (Å²) in [6, 6.07) is 7.21. The second-order valence-electron chi connectivity index (χ2n) is 24.2. The first-order valence-corrected chi connectivity index (χ1v) is 29.2. The summed E-state index contributed by atoms with van der Waals surface area (Å²) >= 11 is 5.13. The van der Waals surface area contributed by atoms with E-state index in [4.69, 9.17) is 21.7 Å². The van der Waals surface area contributed by atoms with E-state index in [9.17, 15) is 92.1 Å². The maximum Gasteiger partial charge on any atom is 0.416 e. The summed E-state index contributed by atoms with van der Waals surface area (Å²) < 4.78 is 178. The van der Waals surface area contributed by atoms with E-state index >= 15 is 0 Å². The van der Waals surface area contributed by atoms with Gasteiger partial charge in [-0.05, 0) is 154 Å². The van der Waals surface area contributed by atoms with Crippen molar-refractivity contribution in [3.05, 3.63) is 114 Å². The van der Waals surface area contributed by atoms with Gasteiger partial charge in [-0.2, -0.15) is 93.2 Å². The van der Waals surface area contributed by atoms with Crippen molar-refractivity contribution in [2.24, 2.45) is 17.8 Å². The molecule has 35 heteroatoms. The predicted molar refractivity (Wildman–Crippen MR) is 369 cm³/mol. The molecule has 0 bridgehead atoms. The van der Waals surface area contributed by atoms with Crippen molar-refractivity contribution in [2.75, 3.05) is 76.2 Å². The zero-order valence-corrected chi connectivity index (χ0v) is 57.4. The van der Waals surface area contributed by atoms with Gasteiger partial charge in [0.2, 0.25) is 12.7 Å². The normalized spacial score (nSPS) is 16.5. The number of nitrogens with one attached hydrogen (secondary N) is 2. The first-order valence-electron chi connectivity index (χ1n) is 28.8. The molecule has 1 aliphatic carbocycles. The Balaban J connectivity index is -0.00000136. The van der Waals surface area contributed by atoms with Gasteiger partial charge in [-0.3, -0.25) is 39.4 Å². The van der Waals surface area contributed by atoms with Crippen LogP contribution in [0.15, 0.2) is 60.8 Å². The summed E-state index contributed by atoms with van der Waals surface area (Å²) in [6.45, 7) is 10.5. The van der Waals surface area contributed by atoms with Gasteiger partial charge in [0.25, 0.3) is 0 Å². The number of piperidine rings is 2. The number of rotatable bonds is 15. The topological polar surface area (TPSA) is 225 Å². The predicted octanol–water partition coefficient (Wildman–Crippen LogP) is 15.2. The Morgan fingerprint density at radius 1 is 0.612 bits per heavy atom. The van der Waals surface area contributed by atoms with Crippen LogP contribution in [0.1, 0.15) is 154 Å². The summed E-state index contributed by atoms with van der Waals surface area (Å²) in [5.74, 6) is -7.02. The first kappa shape index (κ1) is 95.7. The van der Waals surface area contributed by atoms with Gasteiger partial charge < -0.3 is 44.3 Å². The van der Waals surface area contributed by atoms with Gasteiger partial charge >= 0.3 is 48.6 Å². The van der Waals surface area contributed by atoms with Crippen molar-refractivity contribution in [1.29, 1.82) is 0 Å². The van der Waals surface area contributed by atoms with Gasteiger partial charge in [-0.25, -0.2) is 0 Å². The fraction of sp³-hybridized carbons (Fsp3) is 0.603. The van der Waals surface area contributed by atoms with Crippen molar-refractivity contribution < 1.29 is 101 Å². The summed E-state index contributed by atoms with van der Waals surface area (Å²) in [5.41, 5.74) is -5.71. The Kier molecular flexibility index (Phi) is 39.2. The highest BCUT2D eigenvalue weighted by Gasteiger charge is 2.45. The third-order valence-electron chi connectivity index (χ3n) is 14.9. The number of esters is 4. The minimum Gasteiger partial charge on any atom is -0.468 e. The van der Waals surface area contributed by atoms with Crippen LogP contribution >= 0.6 is 52.7 Å². The number of likely N-dealkylation sites (N-methyl/N-ethyl adjacent to an activating group) is 1. The summed E-state index contributed by atoms with van der Waals surface area (Å²) in [7, 11) is 5.81. The molecular weight excluding hydrogens is 1400 g/mol. The lowest BCUT2D eigenvalue weighted by Gasteiger charge is -2.37. The Morgan fingerprint density at radius 3 is 1.39 bits per heavy atom. The molecule has 2 saturated heterocycles. The van der Waals surface area contributed by atoms with Gasteiger partial charge in [-0.1, -0.05) is 47.3 Å². The average molecular weight is 1500 g/mol. The molecule has 0 unspecified atom stereocenters. The lowest BCUT2D eigenvalue weighted by Crippen LogP contribution is -2.52. The highest BCUT2D eigenvalue weighted by atomic mass is 32.1. The molecule has 0 spiro atoms. The number of nitro groups is 2. The summed E-state index contributed by atoms with van der Waals surface area (Å²) in [4.78, 5) is 75.6. The van der Waals surface area contributed by atoms with Crippen molar-refractivity contribution in [3.8, 4) is 0 Å². The second kappa shape index (κ2) is 40.1. The maximum atomic E-state index is 13.6. The molecule has 3 atom stereocenters. The van der Waals surface area contributed by atoms with Crippen LogP contribution in [-0.4, -0.2) is 128 Å². The number of methoxy groups -OCH3 is 2. The van der Waals surface area contributed by atoms with Crippen LogP contribution in [0.25, 0.3) is 6.08 Å². The minimum atomic E-state index is -4.90. The SMILES string of the molecule is C.C.C.CC(C)(C)OC(=O)C1CCN(c2cc(C(F)(F)F)ccc2/C=C/[N+](=O)[O-])CC1.CN(C)[C@H]1CCCC[C@@H]1NC(=S)Nc1cc(C(F)(F)F)cc(C(F)(F)F)c1.COC(=O)C(C(=O)OC)[C@H](C[N+](=O)[O-])c1ccc(C(F)(F)F)cc1N1CCC(C(=O)OC(C)(C)C)CC1.S.S.S. The van der Waals surface area contributed by atoms with Crippen LogP contribution in [-0.2, 0) is 62.8 Å². The Labute approximate surface area is 590 Å². The highest BCUT2D eigenvalue weighted by molar-refractivity contribution is 7.80. The second-order valence-corrected chi connectivity index (χ2v) is 24.6. The number of benzene rings is 3. The van der Waals surface area contributed by atoms with E-state index in [2.05, 4.69) is 20.1 Å². The smallest absolute Gasteiger partial charge is 0.416 e. The van der Waals surface area contributed by atoms with Crippen LogP contribution in [0.3, 0.4) is 0 Å². The van der Waals surface area contributed by atoms with Gasteiger partial charge in [0.15, 0.2) is 11.0 Å². The Bertz CT molecular complexity index is 3070. The molecule has 2 aliphatic heterocycles. The Morgan fingerprint density at radius 2 is 1.01 bits per heavy atom. The lowest BCUT2D eigenvalue weighted by atomic mass is 9.83. The maximum absolute atomic E-state index is 13.6. The van der Waals surface area contributed by atoms with E-state index in [-0.39, 0.29) is 146 Å². The molecule has 0 amide bonds. The third kappa shape index (κ3) is 29.8. The molecule has 3 aliphatic rings. The van der Waals surface area contributed by atoms with E-state index in [0.717, 1.165) is 70.2 Å². The number of ether oxygens (including phenoxy) is 4. The van der Waals surface area contributed by atoms with Crippen molar-refractivity contribution >= 4 is 105 Å². The molecule has 1 saturated carbocycles. The molecule has 98 heavy (non-hydrogen) atoms. The number of carbonyl (C=O) groups is 4. The largest absolute Gasteiger partial charge is 0.468 e. The molecular formula is C63H93F12N7O12S4. The van der Waals surface area contributed by atoms with Gasteiger partial charge in [-0.15, -0.1) is 0 Å². The zero-order chi connectivity index (χ0) is 69.6. The molecule has 6 rings (SSSR count). The molecule has 2 N–H and O–H groups in total. The van der Waals surface area contributed by atoms with Crippen LogP contribution in [0.4, 0.5) is 69.7 Å². The number of hydrogen-bond acceptors (Lipinski definition) is 16. The van der Waals surface area contributed by atoms with Crippen LogP contribution in [0.2, 0.25) is 0 Å². The average Bonchev–Trinajstić information content (AvgIpc) is 0.798.